The van der Waals surface area contributed by atoms with Crippen LogP contribution in [0.5, 0.6) is 17.2 Å². The van der Waals surface area contributed by atoms with Gasteiger partial charge in [0.15, 0.2) is 11.5 Å². The molecule has 3 nitrogen and oxygen atoms in total. The molecule has 0 spiro atoms. The summed E-state index contributed by atoms with van der Waals surface area (Å²) in [6.45, 7) is 3.50. The van der Waals surface area contributed by atoms with Crippen LogP contribution in [0.1, 0.15) is 64.7 Å². The lowest BCUT2D eigenvalue weighted by atomic mass is 9.98. The number of nitrogens with one attached hydrogen (secondary N) is 1. The second-order valence-corrected chi connectivity index (χ2v) is 6.62. The predicted octanol–water partition coefficient (Wildman–Crippen LogP) is 5.04. The summed E-state index contributed by atoms with van der Waals surface area (Å²) in [5.41, 5.74) is 0. The lowest BCUT2D eigenvalue weighted by Crippen LogP contribution is -2.32. The Kier molecular flexibility index (Phi) is 5.60. The number of fused-ring (bicyclic) bond motifs is 2. The van der Waals surface area contributed by atoms with Gasteiger partial charge in [-0.3, -0.25) is 0 Å². The molecular formula is C19H29NO2. The maximum absolute atomic E-state index is 5.93. The minimum absolute atomic E-state index is 0.424. The van der Waals surface area contributed by atoms with Gasteiger partial charge in [0.2, 0.25) is 5.75 Å². The van der Waals surface area contributed by atoms with Gasteiger partial charge in [0.25, 0.3) is 0 Å². The van der Waals surface area contributed by atoms with Crippen molar-refractivity contribution in [1.29, 1.82) is 0 Å². The fourth-order valence-corrected chi connectivity index (χ4v) is 3.47. The Hall–Kier alpha value is -1.22. The summed E-state index contributed by atoms with van der Waals surface area (Å²) >= 11 is 0. The van der Waals surface area contributed by atoms with Gasteiger partial charge in [-0.15, -0.1) is 0 Å². The van der Waals surface area contributed by atoms with Crippen molar-refractivity contribution in [3.05, 3.63) is 18.2 Å². The quantitative estimate of drug-likeness (QED) is 0.861. The van der Waals surface area contributed by atoms with E-state index in [1.807, 2.05) is 18.2 Å². The van der Waals surface area contributed by atoms with Crippen LogP contribution in [0.15, 0.2) is 18.2 Å². The highest BCUT2D eigenvalue weighted by molar-refractivity contribution is 5.60. The Labute approximate surface area is 134 Å². The van der Waals surface area contributed by atoms with Gasteiger partial charge in [-0.1, -0.05) is 25.8 Å². The van der Waals surface area contributed by atoms with E-state index in [1.54, 1.807) is 0 Å². The highest BCUT2D eigenvalue weighted by Gasteiger charge is 2.26. The van der Waals surface area contributed by atoms with Gasteiger partial charge in [0, 0.05) is 6.04 Å². The first-order valence-electron chi connectivity index (χ1n) is 9.07. The Morgan fingerprint density at radius 3 is 2.32 bits per heavy atom. The average molecular weight is 303 g/mol. The zero-order valence-corrected chi connectivity index (χ0v) is 13.8. The van der Waals surface area contributed by atoms with Crippen LogP contribution in [0.25, 0.3) is 0 Å². The summed E-state index contributed by atoms with van der Waals surface area (Å²) in [5, 5.41) is 3.47. The number of rotatable bonds is 3. The van der Waals surface area contributed by atoms with E-state index in [4.69, 9.17) is 9.47 Å². The van der Waals surface area contributed by atoms with Gasteiger partial charge in [0.05, 0.1) is 6.10 Å². The molecule has 4 aliphatic rings. The van der Waals surface area contributed by atoms with Crippen LogP contribution in [0, 0.1) is 0 Å². The Balaban J connectivity index is 0.000000154. The van der Waals surface area contributed by atoms with Crippen LogP contribution in [0.3, 0.4) is 0 Å². The van der Waals surface area contributed by atoms with Crippen LogP contribution >= 0.6 is 0 Å². The van der Waals surface area contributed by atoms with E-state index in [0.29, 0.717) is 6.10 Å². The maximum atomic E-state index is 5.93. The molecule has 1 atom stereocenters. The molecule has 1 aromatic rings. The average Bonchev–Trinajstić information content (AvgIpc) is 2.62. The van der Waals surface area contributed by atoms with E-state index in [-0.39, 0.29) is 0 Å². The van der Waals surface area contributed by atoms with Crippen molar-refractivity contribution in [3.63, 3.8) is 0 Å². The van der Waals surface area contributed by atoms with Crippen molar-refractivity contribution in [1.82, 2.24) is 5.32 Å². The minimum atomic E-state index is 0.424. The van der Waals surface area contributed by atoms with Crippen LogP contribution in [-0.2, 0) is 0 Å². The number of benzene rings is 1. The maximum Gasteiger partial charge on any atom is 0.205 e. The van der Waals surface area contributed by atoms with E-state index in [1.165, 1.54) is 64.3 Å². The molecule has 0 radical (unpaired) electrons. The highest BCUT2D eigenvalue weighted by atomic mass is 16.6. The lowest BCUT2D eigenvalue weighted by Gasteiger charge is -2.29. The molecule has 0 aromatic heterocycles. The zero-order chi connectivity index (χ0) is 15.2. The molecule has 1 saturated carbocycles. The number of piperidine rings is 1. The van der Waals surface area contributed by atoms with Crippen molar-refractivity contribution < 1.29 is 9.47 Å². The fraction of sp³-hybridized carbons (Fsp3) is 0.684. The lowest BCUT2D eigenvalue weighted by molar-refractivity contribution is 0.135. The van der Waals surface area contributed by atoms with Crippen molar-refractivity contribution in [3.8, 4) is 17.2 Å². The van der Waals surface area contributed by atoms with Crippen molar-refractivity contribution in [2.75, 3.05) is 6.54 Å². The Morgan fingerprint density at radius 1 is 1.05 bits per heavy atom. The number of hydrogen-bond donors (Lipinski definition) is 1. The molecule has 3 heterocycles. The van der Waals surface area contributed by atoms with Gasteiger partial charge >= 0.3 is 0 Å². The molecule has 3 aliphatic heterocycles. The van der Waals surface area contributed by atoms with Crippen molar-refractivity contribution in [2.45, 2.75) is 76.9 Å². The summed E-state index contributed by atoms with van der Waals surface area (Å²) in [7, 11) is 0. The van der Waals surface area contributed by atoms with E-state index in [2.05, 4.69) is 12.2 Å². The van der Waals surface area contributed by atoms with Crippen LogP contribution in [-0.4, -0.2) is 18.7 Å². The summed E-state index contributed by atoms with van der Waals surface area (Å²) < 4.78 is 11.3. The SMILES string of the molecule is CCC1CCCCN1.c1cc2c(OC3CCCCC3)c(c1)O2. The van der Waals surface area contributed by atoms with Gasteiger partial charge in [0.1, 0.15) is 0 Å². The van der Waals surface area contributed by atoms with Crippen molar-refractivity contribution >= 4 is 0 Å². The van der Waals surface area contributed by atoms with Crippen LogP contribution in [0.2, 0.25) is 0 Å². The van der Waals surface area contributed by atoms with Gasteiger partial charge in [-0.25, -0.2) is 0 Å². The summed E-state index contributed by atoms with van der Waals surface area (Å²) in [4.78, 5) is 0. The number of para-hydroxylation sites is 1. The molecule has 1 aromatic carbocycles. The molecule has 22 heavy (non-hydrogen) atoms. The molecule has 2 fully saturated rings. The first kappa shape index (κ1) is 15.7. The summed E-state index contributed by atoms with van der Waals surface area (Å²) in [6, 6.07) is 6.77. The van der Waals surface area contributed by atoms with Crippen LogP contribution in [0.4, 0.5) is 0 Å². The third-order valence-electron chi connectivity index (χ3n) is 4.90. The van der Waals surface area contributed by atoms with E-state index >= 15 is 0 Å². The van der Waals surface area contributed by atoms with Crippen LogP contribution < -0.4 is 14.8 Å². The largest absolute Gasteiger partial charge is 0.483 e. The first-order valence-corrected chi connectivity index (χ1v) is 9.07. The second kappa shape index (κ2) is 7.87. The second-order valence-electron chi connectivity index (χ2n) is 6.62. The Bertz CT molecular complexity index is 442. The first-order chi connectivity index (χ1) is 10.9. The fourth-order valence-electron chi connectivity index (χ4n) is 3.47. The predicted molar refractivity (Wildman–Crippen MR) is 89.9 cm³/mol. The molecule has 1 saturated heterocycles. The number of hydrogen-bond acceptors (Lipinski definition) is 3. The van der Waals surface area contributed by atoms with Crippen molar-refractivity contribution in [2.24, 2.45) is 0 Å². The Morgan fingerprint density at radius 2 is 1.77 bits per heavy atom. The van der Waals surface area contributed by atoms with E-state index < -0.39 is 0 Å². The van der Waals surface area contributed by atoms with E-state index in [0.717, 1.165) is 23.3 Å². The minimum Gasteiger partial charge on any atom is -0.483 e. The molecule has 2 bridgehead atoms. The molecule has 5 rings (SSSR count). The topological polar surface area (TPSA) is 30.5 Å². The molecule has 1 unspecified atom stereocenters. The monoisotopic (exact) mass is 303 g/mol. The summed E-state index contributed by atoms with van der Waals surface area (Å²) in [6.07, 6.45) is 12.3. The zero-order valence-electron chi connectivity index (χ0n) is 13.8. The molecule has 122 valence electrons. The van der Waals surface area contributed by atoms with Gasteiger partial charge in [-0.2, -0.15) is 0 Å². The normalized spacial score (nSPS) is 23.6. The standard InChI is InChI=1S/C12H14O2.C7H15N/c1-2-5-9(6-3-1)13-12-10-7-4-8-11(12)14-10;1-2-7-5-3-4-6-8-7/h4,7-9H,1-3,5-6H2;7-8H,2-6H2,1H3. The molecule has 1 N–H and O–H groups in total. The smallest absolute Gasteiger partial charge is 0.205 e. The third kappa shape index (κ3) is 3.95. The molecule has 0 amide bonds. The summed E-state index contributed by atoms with van der Waals surface area (Å²) in [5.74, 6) is 2.81. The molecule has 1 aliphatic carbocycles. The van der Waals surface area contributed by atoms with Gasteiger partial charge in [-0.05, 0) is 63.6 Å². The molecule has 3 heteroatoms. The molecular weight excluding hydrogens is 274 g/mol. The third-order valence-corrected chi connectivity index (χ3v) is 4.90. The van der Waals surface area contributed by atoms with Gasteiger partial charge < -0.3 is 14.8 Å². The highest BCUT2D eigenvalue weighted by Crippen LogP contribution is 2.50. The van der Waals surface area contributed by atoms with E-state index in [9.17, 15) is 0 Å². The number of ether oxygens (including phenoxy) is 2.